The minimum atomic E-state index is -1.02. The van der Waals surface area contributed by atoms with Crippen molar-refractivity contribution in [2.45, 2.75) is 70.4 Å². The number of aliphatic hydroxyl groups is 1. The van der Waals surface area contributed by atoms with Crippen molar-refractivity contribution in [2.75, 3.05) is 13.2 Å². The molecule has 0 bridgehead atoms. The van der Waals surface area contributed by atoms with Crippen LogP contribution in [0.5, 0.6) is 0 Å². The molecule has 0 aliphatic carbocycles. The van der Waals surface area contributed by atoms with Crippen LogP contribution < -0.4 is 5.32 Å². The van der Waals surface area contributed by atoms with E-state index in [9.17, 15) is 24.6 Å². The number of benzene rings is 1. The molecule has 7 heteroatoms. The SMILES string of the molecule is CCCCC[C@H](CC(=O)O)C(=O)N[C@@H](Cc1ccccc1)C(=O)N1CCC[C@H]1CO. The van der Waals surface area contributed by atoms with E-state index in [0.717, 1.165) is 37.7 Å². The fourth-order valence-corrected chi connectivity index (χ4v) is 4.03. The number of unbranched alkanes of at least 4 members (excludes halogenated alkanes) is 2. The molecule has 7 nitrogen and oxygen atoms in total. The van der Waals surface area contributed by atoms with Gasteiger partial charge in [0.2, 0.25) is 11.8 Å². The van der Waals surface area contributed by atoms with E-state index < -0.39 is 17.9 Å². The molecule has 2 rings (SSSR count). The van der Waals surface area contributed by atoms with E-state index in [0.29, 0.717) is 19.4 Å². The monoisotopic (exact) mass is 418 g/mol. The van der Waals surface area contributed by atoms with E-state index in [4.69, 9.17) is 0 Å². The van der Waals surface area contributed by atoms with E-state index in [1.165, 1.54) is 0 Å². The minimum Gasteiger partial charge on any atom is -0.481 e. The van der Waals surface area contributed by atoms with Crippen LogP contribution in [0.2, 0.25) is 0 Å². The lowest BCUT2D eigenvalue weighted by Gasteiger charge is -2.29. The summed E-state index contributed by atoms with van der Waals surface area (Å²) in [6, 6.07) is 8.43. The molecule has 0 spiro atoms. The highest BCUT2D eigenvalue weighted by Crippen LogP contribution is 2.20. The predicted octanol–water partition coefficient (Wildman–Crippen LogP) is 2.37. The van der Waals surface area contributed by atoms with Gasteiger partial charge < -0.3 is 20.4 Å². The number of carbonyl (C=O) groups is 3. The zero-order valence-corrected chi connectivity index (χ0v) is 17.8. The van der Waals surface area contributed by atoms with E-state index in [-0.39, 0.29) is 30.9 Å². The second-order valence-electron chi connectivity index (χ2n) is 8.05. The summed E-state index contributed by atoms with van der Waals surface area (Å²) in [4.78, 5) is 39.1. The third-order valence-electron chi connectivity index (χ3n) is 5.72. The molecule has 0 aromatic heterocycles. The van der Waals surface area contributed by atoms with Crippen LogP contribution in [0.1, 0.15) is 57.4 Å². The Labute approximate surface area is 178 Å². The summed E-state index contributed by atoms with van der Waals surface area (Å²) >= 11 is 0. The second kappa shape index (κ2) is 12.3. The number of nitrogens with one attached hydrogen (secondary N) is 1. The lowest BCUT2D eigenvalue weighted by Crippen LogP contribution is -2.53. The highest BCUT2D eigenvalue weighted by Gasteiger charge is 2.34. The molecule has 2 amide bonds. The molecule has 3 atom stereocenters. The van der Waals surface area contributed by atoms with Gasteiger partial charge in [0.05, 0.1) is 19.1 Å². The third kappa shape index (κ3) is 7.13. The third-order valence-corrected chi connectivity index (χ3v) is 5.72. The number of aliphatic hydroxyl groups excluding tert-OH is 1. The molecule has 1 fully saturated rings. The summed E-state index contributed by atoms with van der Waals surface area (Å²) in [5.74, 6) is -2.28. The topological polar surface area (TPSA) is 107 Å². The van der Waals surface area contributed by atoms with Gasteiger partial charge in [0, 0.05) is 18.9 Å². The second-order valence-corrected chi connectivity index (χ2v) is 8.05. The first kappa shape index (κ1) is 23.9. The maximum absolute atomic E-state index is 13.2. The number of amides is 2. The number of aliphatic carboxylic acids is 1. The maximum atomic E-state index is 13.2. The van der Waals surface area contributed by atoms with Gasteiger partial charge in [-0.1, -0.05) is 56.5 Å². The quantitative estimate of drug-likeness (QED) is 0.452. The van der Waals surface area contributed by atoms with Crippen LogP contribution in [0.3, 0.4) is 0 Å². The van der Waals surface area contributed by atoms with Gasteiger partial charge in [-0.15, -0.1) is 0 Å². The van der Waals surface area contributed by atoms with Crippen LogP contribution in [0.4, 0.5) is 0 Å². The van der Waals surface area contributed by atoms with Gasteiger partial charge in [0.1, 0.15) is 6.04 Å². The molecule has 1 aliphatic rings. The van der Waals surface area contributed by atoms with Crippen LogP contribution in [0.25, 0.3) is 0 Å². The van der Waals surface area contributed by atoms with Gasteiger partial charge in [-0.2, -0.15) is 0 Å². The summed E-state index contributed by atoms with van der Waals surface area (Å²) in [5.41, 5.74) is 0.914. The number of carbonyl (C=O) groups excluding carboxylic acids is 2. The summed E-state index contributed by atoms with van der Waals surface area (Å²) in [7, 11) is 0. The highest BCUT2D eigenvalue weighted by atomic mass is 16.4. The average molecular weight is 419 g/mol. The highest BCUT2D eigenvalue weighted by molar-refractivity contribution is 5.90. The van der Waals surface area contributed by atoms with E-state index >= 15 is 0 Å². The number of hydrogen-bond acceptors (Lipinski definition) is 4. The predicted molar refractivity (Wildman–Crippen MR) is 114 cm³/mol. The molecule has 0 radical (unpaired) electrons. The summed E-state index contributed by atoms with van der Waals surface area (Å²) in [6.07, 6.45) is 4.82. The summed E-state index contributed by atoms with van der Waals surface area (Å²) in [5, 5.41) is 21.7. The molecule has 1 aromatic rings. The molecule has 0 saturated carbocycles. The van der Waals surface area contributed by atoms with Crippen LogP contribution in [-0.2, 0) is 20.8 Å². The maximum Gasteiger partial charge on any atom is 0.304 e. The molecule has 3 N–H and O–H groups in total. The minimum absolute atomic E-state index is 0.101. The largest absolute Gasteiger partial charge is 0.481 e. The Hall–Kier alpha value is -2.41. The van der Waals surface area contributed by atoms with Crippen molar-refractivity contribution in [2.24, 2.45) is 5.92 Å². The normalized spacial score (nSPS) is 18.1. The van der Waals surface area contributed by atoms with Crippen LogP contribution in [0, 0.1) is 5.92 Å². The van der Waals surface area contributed by atoms with Crippen molar-refractivity contribution in [1.82, 2.24) is 10.2 Å². The smallest absolute Gasteiger partial charge is 0.304 e. The van der Waals surface area contributed by atoms with Gasteiger partial charge in [-0.25, -0.2) is 0 Å². The summed E-state index contributed by atoms with van der Waals surface area (Å²) in [6.45, 7) is 2.51. The number of carboxylic acids is 1. The van der Waals surface area contributed by atoms with Crippen molar-refractivity contribution in [1.29, 1.82) is 0 Å². The number of rotatable bonds is 12. The average Bonchev–Trinajstić information content (AvgIpc) is 3.21. The fraction of sp³-hybridized carbons (Fsp3) is 0.609. The Morgan fingerprint density at radius 2 is 1.93 bits per heavy atom. The lowest BCUT2D eigenvalue weighted by molar-refractivity contribution is -0.142. The lowest BCUT2D eigenvalue weighted by atomic mass is 9.95. The zero-order valence-electron chi connectivity index (χ0n) is 17.8. The van der Waals surface area contributed by atoms with Crippen molar-refractivity contribution in [3.63, 3.8) is 0 Å². The summed E-state index contributed by atoms with van der Waals surface area (Å²) < 4.78 is 0. The van der Waals surface area contributed by atoms with Crippen molar-refractivity contribution in [3.05, 3.63) is 35.9 Å². The zero-order chi connectivity index (χ0) is 21.9. The Morgan fingerprint density at radius 1 is 1.20 bits per heavy atom. The molecule has 166 valence electrons. The Morgan fingerprint density at radius 3 is 2.57 bits per heavy atom. The molecule has 1 aromatic carbocycles. The van der Waals surface area contributed by atoms with E-state index in [1.54, 1.807) is 4.90 Å². The Kier molecular flexibility index (Phi) is 9.80. The van der Waals surface area contributed by atoms with Gasteiger partial charge in [-0.05, 0) is 24.8 Å². The van der Waals surface area contributed by atoms with E-state index in [1.807, 2.05) is 30.3 Å². The standard InChI is InChI=1S/C23H34N2O5/c1-2-3-5-11-18(15-21(27)28)22(29)24-20(14-17-9-6-4-7-10-17)23(30)25-13-8-12-19(25)16-26/h4,6-7,9-10,18-20,26H,2-3,5,8,11-16H2,1H3,(H,24,29)(H,27,28)/t18-,19+,20+/m1/s1. The fourth-order valence-electron chi connectivity index (χ4n) is 4.03. The number of carboxylic acid groups (broad SMARTS) is 1. The number of nitrogens with zero attached hydrogens (tertiary/aromatic N) is 1. The first-order chi connectivity index (χ1) is 14.5. The van der Waals surface area contributed by atoms with Crippen LogP contribution in [-0.4, -0.2) is 58.1 Å². The first-order valence-corrected chi connectivity index (χ1v) is 10.9. The van der Waals surface area contributed by atoms with E-state index in [2.05, 4.69) is 12.2 Å². The Bertz CT molecular complexity index is 694. The van der Waals surface area contributed by atoms with Crippen LogP contribution in [0.15, 0.2) is 30.3 Å². The van der Waals surface area contributed by atoms with Crippen molar-refractivity contribution < 1.29 is 24.6 Å². The molecule has 30 heavy (non-hydrogen) atoms. The van der Waals surface area contributed by atoms with Gasteiger partial charge in [0.25, 0.3) is 0 Å². The molecular weight excluding hydrogens is 384 g/mol. The van der Waals surface area contributed by atoms with Gasteiger partial charge in [-0.3, -0.25) is 14.4 Å². The molecular formula is C23H34N2O5. The molecule has 1 heterocycles. The number of hydrogen-bond donors (Lipinski definition) is 3. The molecule has 0 unspecified atom stereocenters. The van der Waals surface area contributed by atoms with Crippen molar-refractivity contribution >= 4 is 17.8 Å². The molecule has 1 saturated heterocycles. The van der Waals surface area contributed by atoms with Gasteiger partial charge in [0.15, 0.2) is 0 Å². The Balaban J connectivity index is 2.16. The van der Waals surface area contributed by atoms with Gasteiger partial charge >= 0.3 is 5.97 Å². The first-order valence-electron chi connectivity index (χ1n) is 10.9. The van der Waals surface area contributed by atoms with Crippen molar-refractivity contribution in [3.8, 4) is 0 Å². The number of likely N-dealkylation sites (tertiary alicyclic amines) is 1. The van der Waals surface area contributed by atoms with Crippen LogP contribution >= 0.6 is 0 Å². The molecule has 1 aliphatic heterocycles.